The molecule has 2 aromatic carbocycles. The number of benzene rings is 2. The predicted octanol–water partition coefficient (Wildman–Crippen LogP) is 6.22. The Morgan fingerprint density at radius 3 is 2.55 bits per heavy atom. The van der Waals surface area contributed by atoms with E-state index in [9.17, 15) is 4.79 Å². The van der Waals surface area contributed by atoms with Gasteiger partial charge in [-0.2, -0.15) is 0 Å². The molecule has 31 heavy (non-hydrogen) atoms. The number of allylic oxidation sites excluding steroid dienone is 1. The summed E-state index contributed by atoms with van der Waals surface area (Å²) in [5, 5.41) is 0. The van der Waals surface area contributed by atoms with Gasteiger partial charge in [0.05, 0.1) is 11.1 Å². The molecule has 1 fully saturated rings. The summed E-state index contributed by atoms with van der Waals surface area (Å²) < 4.78 is 12.4. The second-order valence-electron chi connectivity index (χ2n) is 9.45. The van der Waals surface area contributed by atoms with E-state index in [1.54, 1.807) is 0 Å². The van der Waals surface area contributed by atoms with E-state index in [1.165, 1.54) is 37.7 Å². The summed E-state index contributed by atoms with van der Waals surface area (Å²) in [5.74, 6) is 2.41. The smallest absolute Gasteiger partial charge is 0.232 e. The molecule has 0 unspecified atom stereocenters. The average Bonchev–Trinajstić information content (AvgIpc) is 3.11. The summed E-state index contributed by atoms with van der Waals surface area (Å²) >= 11 is 0. The molecular weight excluding hydrogens is 386 g/mol. The van der Waals surface area contributed by atoms with Crippen LogP contribution in [0.2, 0.25) is 0 Å². The minimum atomic E-state index is -0.0296. The lowest BCUT2D eigenvalue weighted by atomic mass is 9.93. The number of rotatable bonds is 3. The van der Waals surface area contributed by atoms with Crippen LogP contribution in [0.4, 0.5) is 0 Å². The van der Waals surface area contributed by atoms with Crippen molar-refractivity contribution in [1.29, 1.82) is 0 Å². The first-order chi connectivity index (χ1) is 15.0. The lowest BCUT2D eigenvalue weighted by Crippen LogP contribution is -2.41. The fraction of sp³-hybridized carbons (Fsp3) is 0.444. The lowest BCUT2D eigenvalue weighted by molar-refractivity contribution is 0.0393. The van der Waals surface area contributed by atoms with Gasteiger partial charge in [0.15, 0.2) is 5.76 Å². The topological polar surface area (TPSA) is 38.8 Å². The van der Waals surface area contributed by atoms with Crippen LogP contribution in [0.5, 0.6) is 11.5 Å². The van der Waals surface area contributed by atoms with Gasteiger partial charge < -0.3 is 9.47 Å². The molecule has 0 radical (unpaired) electrons. The Bertz CT molecular complexity index is 1030. The van der Waals surface area contributed by atoms with Crippen LogP contribution in [0.1, 0.15) is 84.5 Å². The van der Waals surface area contributed by atoms with Crippen molar-refractivity contribution in [1.82, 2.24) is 4.90 Å². The van der Waals surface area contributed by atoms with Crippen LogP contribution >= 0.6 is 0 Å². The maximum Gasteiger partial charge on any atom is 0.232 e. The largest absolute Gasteiger partial charge is 0.478 e. The number of ketones is 1. The van der Waals surface area contributed by atoms with E-state index in [-0.39, 0.29) is 5.78 Å². The van der Waals surface area contributed by atoms with Crippen LogP contribution in [0.15, 0.2) is 36.1 Å². The van der Waals surface area contributed by atoms with Gasteiger partial charge in [0, 0.05) is 12.6 Å². The Hall–Kier alpha value is -2.59. The number of aryl methyl sites for hydroxylation is 1. The molecule has 4 heteroatoms. The van der Waals surface area contributed by atoms with Crippen molar-refractivity contribution in [2.75, 3.05) is 6.73 Å². The summed E-state index contributed by atoms with van der Waals surface area (Å²) in [6.45, 7) is 7.73. The monoisotopic (exact) mass is 417 g/mol. The minimum absolute atomic E-state index is 0.0296. The van der Waals surface area contributed by atoms with Crippen LogP contribution in [0.25, 0.3) is 6.08 Å². The first-order valence-electron chi connectivity index (χ1n) is 11.6. The zero-order valence-electron chi connectivity index (χ0n) is 18.7. The number of fused-ring (bicyclic) bond motifs is 3. The van der Waals surface area contributed by atoms with Gasteiger partial charge in [0.2, 0.25) is 5.78 Å². The summed E-state index contributed by atoms with van der Waals surface area (Å²) in [6.07, 6.45) is 8.23. The van der Waals surface area contributed by atoms with Gasteiger partial charge in [-0.25, -0.2) is 0 Å². The molecule has 2 aromatic rings. The molecule has 5 rings (SSSR count). The first-order valence-corrected chi connectivity index (χ1v) is 11.6. The second kappa shape index (κ2) is 8.16. The molecule has 2 aliphatic heterocycles. The standard InChI is InChI=1S/C27H31NO3/c1-17(2)20-11-9-19(10-12-20)14-24-26(29)25-18(3)13-23-22(27(25)31-24)15-28(16-30-23)21-7-5-4-6-8-21/h9-14,17,21H,4-8,15-16H2,1-3H3/b24-14-. The molecule has 0 aromatic heterocycles. The molecule has 1 saturated carbocycles. The van der Waals surface area contributed by atoms with Crippen LogP contribution in [0.3, 0.4) is 0 Å². The molecule has 2 heterocycles. The van der Waals surface area contributed by atoms with Crippen LogP contribution in [0, 0.1) is 6.92 Å². The Morgan fingerprint density at radius 2 is 1.84 bits per heavy atom. The fourth-order valence-corrected chi connectivity index (χ4v) is 5.06. The number of Topliss-reactive ketones (excluding diaryl/α,β-unsaturated/α-hetero) is 1. The molecule has 0 saturated heterocycles. The molecule has 3 aliphatic rings. The quantitative estimate of drug-likeness (QED) is 0.556. The van der Waals surface area contributed by atoms with Crippen molar-refractivity contribution in [3.8, 4) is 11.5 Å². The van der Waals surface area contributed by atoms with Gasteiger partial charge >= 0.3 is 0 Å². The van der Waals surface area contributed by atoms with E-state index in [0.29, 0.717) is 35.8 Å². The van der Waals surface area contributed by atoms with E-state index in [2.05, 4.69) is 43.0 Å². The van der Waals surface area contributed by atoms with E-state index in [0.717, 1.165) is 29.0 Å². The zero-order valence-corrected chi connectivity index (χ0v) is 18.7. The Balaban J connectivity index is 1.45. The van der Waals surface area contributed by atoms with E-state index in [1.807, 2.05) is 19.1 Å². The first kappa shape index (κ1) is 20.3. The molecule has 162 valence electrons. The van der Waals surface area contributed by atoms with Gasteiger partial charge in [0.25, 0.3) is 0 Å². The van der Waals surface area contributed by atoms with Crippen molar-refractivity contribution in [3.05, 3.63) is 63.9 Å². The van der Waals surface area contributed by atoms with E-state index >= 15 is 0 Å². The van der Waals surface area contributed by atoms with Crippen molar-refractivity contribution < 1.29 is 14.3 Å². The summed E-state index contributed by atoms with van der Waals surface area (Å²) in [7, 11) is 0. The van der Waals surface area contributed by atoms with Gasteiger partial charge in [0.1, 0.15) is 18.2 Å². The number of hydrogen-bond acceptors (Lipinski definition) is 4. The molecule has 0 amide bonds. The molecule has 0 spiro atoms. The van der Waals surface area contributed by atoms with Crippen molar-refractivity contribution >= 4 is 11.9 Å². The Labute approximate surface area is 184 Å². The number of carbonyl (C=O) groups is 1. The van der Waals surface area contributed by atoms with Crippen LogP contribution < -0.4 is 9.47 Å². The average molecular weight is 418 g/mol. The fourth-order valence-electron chi connectivity index (χ4n) is 5.06. The third kappa shape index (κ3) is 3.78. The highest BCUT2D eigenvalue weighted by atomic mass is 16.5. The van der Waals surface area contributed by atoms with Gasteiger partial charge in [-0.3, -0.25) is 9.69 Å². The maximum absolute atomic E-state index is 13.2. The van der Waals surface area contributed by atoms with Crippen molar-refractivity contribution in [3.63, 3.8) is 0 Å². The lowest BCUT2D eigenvalue weighted by Gasteiger charge is -2.37. The maximum atomic E-state index is 13.2. The molecule has 0 N–H and O–H groups in total. The highest BCUT2D eigenvalue weighted by Gasteiger charge is 2.36. The zero-order chi connectivity index (χ0) is 21.5. The van der Waals surface area contributed by atoms with Gasteiger partial charge in [-0.15, -0.1) is 0 Å². The van der Waals surface area contributed by atoms with Crippen LogP contribution in [-0.4, -0.2) is 23.5 Å². The SMILES string of the molecule is Cc1cc2c(c3c1C(=O)/C(=C/c1ccc(C(C)C)cc1)O3)CN(C1CCCCC1)CO2. The van der Waals surface area contributed by atoms with Crippen molar-refractivity contribution in [2.45, 2.75) is 71.4 Å². The predicted molar refractivity (Wildman–Crippen MR) is 123 cm³/mol. The number of carbonyl (C=O) groups excluding carboxylic acids is 1. The molecular formula is C27H31NO3. The number of ether oxygens (including phenoxy) is 2. The Morgan fingerprint density at radius 1 is 1.10 bits per heavy atom. The Kier molecular flexibility index (Phi) is 5.35. The van der Waals surface area contributed by atoms with E-state index < -0.39 is 0 Å². The van der Waals surface area contributed by atoms with Gasteiger partial charge in [-0.05, 0) is 54.5 Å². The number of nitrogens with zero attached hydrogens (tertiary/aromatic N) is 1. The highest BCUT2D eigenvalue weighted by Crippen LogP contribution is 2.44. The third-order valence-electron chi connectivity index (χ3n) is 6.94. The molecule has 1 aliphatic carbocycles. The normalized spacial score (nSPS) is 20.5. The van der Waals surface area contributed by atoms with Gasteiger partial charge in [-0.1, -0.05) is 57.4 Å². The minimum Gasteiger partial charge on any atom is -0.478 e. The summed E-state index contributed by atoms with van der Waals surface area (Å²) in [4.78, 5) is 15.6. The number of hydrogen-bond donors (Lipinski definition) is 0. The molecule has 4 nitrogen and oxygen atoms in total. The van der Waals surface area contributed by atoms with Crippen LogP contribution in [-0.2, 0) is 6.54 Å². The van der Waals surface area contributed by atoms with Crippen molar-refractivity contribution in [2.24, 2.45) is 0 Å². The third-order valence-corrected chi connectivity index (χ3v) is 6.94. The highest BCUT2D eigenvalue weighted by molar-refractivity contribution is 6.15. The second-order valence-corrected chi connectivity index (χ2v) is 9.45. The van der Waals surface area contributed by atoms with E-state index in [4.69, 9.17) is 9.47 Å². The summed E-state index contributed by atoms with van der Waals surface area (Å²) in [6, 6.07) is 10.9. The summed E-state index contributed by atoms with van der Waals surface area (Å²) in [5.41, 5.74) is 4.90. The molecule has 0 atom stereocenters. The molecule has 0 bridgehead atoms.